The van der Waals surface area contributed by atoms with Gasteiger partial charge in [0.15, 0.2) is 6.61 Å². The van der Waals surface area contributed by atoms with Crippen LogP contribution in [-0.2, 0) is 4.79 Å². The summed E-state index contributed by atoms with van der Waals surface area (Å²) in [6, 6.07) is 7.64. The van der Waals surface area contributed by atoms with Gasteiger partial charge in [-0.15, -0.1) is 0 Å². The van der Waals surface area contributed by atoms with Gasteiger partial charge in [0.1, 0.15) is 5.75 Å². The van der Waals surface area contributed by atoms with Gasteiger partial charge < -0.3 is 15.1 Å². The quantitative estimate of drug-likeness (QED) is 0.793. The highest BCUT2D eigenvalue weighted by Crippen LogP contribution is 2.15. The number of nitrogens with one attached hydrogen (secondary N) is 2. The predicted molar refractivity (Wildman–Crippen MR) is 78.1 cm³/mol. The summed E-state index contributed by atoms with van der Waals surface area (Å²) in [6.07, 6.45) is 2.99. The Bertz CT molecular complexity index is 500. The molecule has 0 radical (unpaired) electrons. The largest absolute Gasteiger partial charge is 0.483 e. The van der Waals surface area contributed by atoms with Gasteiger partial charge in [0.25, 0.3) is 5.91 Å². The van der Waals surface area contributed by atoms with E-state index in [1.165, 1.54) is 0 Å². The molecule has 2 rings (SSSR count). The van der Waals surface area contributed by atoms with Gasteiger partial charge in [-0.3, -0.25) is 10.2 Å². The Balaban J connectivity index is 1.72. The van der Waals surface area contributed by atoms with Gasteiger partial charge in [-0.2, -0.15) is 0 Å². The van der Waals surface area contributed by atoms with Crippen molar-refractivity contribution in [3.8, 4) is 5.75 Å². The molecule has 0 aromatic heterocycles. The Hall–Kier alpha value is -2.01. The first-order valence-electron chi connectivity index (χ1n) is 6.76. The van der Waals surface area contributed by atoms with Crippen molar-refractivity contribution in [1.82, 2.24) is 15.8 Å². The Kier molecular flexibility index (Phi) is 5.01. The number of benzene rings is 1. The highest BCUT2D eigenvalue weighted by atomic mass is 16.5. The second-order valence-electron chi connectivity index (χ2n) is 4.97. The molecule has 1 aliphatic rings. The smallest absolute Gasteiger partial charge is 0.276 e. The zero-order chi connectivity index (χ0) is 14.4. The molecule has 20 heavy (non-hydrogen) atoms. The monoisotopic (exact) mass is 275 g/mol. The van der Waals surface area contributed by atoms with E-state index in [9.17, 15) is 4.79 Å². The maximum Gasteiger partial charge on any atom is 0.276 e. The molecule has 0 atom stereocenters. The van der Waals surface area contributed by atoms with Crippen molar-refractivity contribution in [3.05, 3.63) is 41.6 Å². The molecule has 1 aromatic carbocycles. The van der Waals surface area contributed by atoms with Crippen LogP contribution in [-0.4, -0.2) is 37.6 Å². The summed E-state index contributed by atoms with van der Waals surface area (Å²) < 4.78 is 5.48. The lowest BCUT2D eigenvalue weighted by molar-refractivity contribution is -0.123. The number of aryl methyl sites for hydroxylation is 1. The number of hydrazine groups is 1. The third kappa shape index (κ3) is 4.28. The molecule has 1 aliphatic heterocycles. The molecule has 1 heterocycles. The van der Waals surface area contributed by atoms with Gasteiger partial charge in [0.05, 0.1) is 0 Å². The molecule has 0 saturated heterocycles. The Morgan fingerprint density at radius 1 is 1.40 bits per heavy atom. The number of hydrogen-bond donors (Lipinski definition) is 2. The Morgan fingerprint density at radius 2 is 2.20 bits per heavy atom. The first kappa shape index (κ1) is 14.4. The minimum absolute atomic E-state index is 0.00500. The first-order valence-corrected chi connectivity index (χ1v) is 6.76. The number of amides is 1. The van der Waals surface area contributed by atoms with Crippen LogP contribution in [0.5, 0.6) is 5.75 Å². The van der Waals surface area contributed by atoms with E-state index in [4.69, 9.17) is 4.74 Å². The van der Waals surface area contributed by atoms with Crippen LogP contribution in [0.2, 0.25) is 0 Å². The van der Waals surface area contributed by atoms with Gasteiger partial charge in [0.2, 0.25) is 0 Å². The van der Waals surface area contributed by atoms with Crippen molar-refractivity contribution in [2.45, 2.75) is 13.3 Å². The van der Waals surface area contributed by atoms with Crippen molar-refractivity contribution in [2.24, 2.45) is 0 Å². The van der Waals surface area contributed by atoms with Crippen LogP contribution in [0.25, 0.3) is 0 Å². The summed E-state index contributed by atoms with van der Waals surface area (Å²) in [5.41, 5.74) is 7.67. The summed E-state index contributed by atoms with van der Waals surface area (Å²) in [5.74, 6) is 0.550. The number of nitrogens with zero attached hydrogens (tertiary/aromatic N) is 1. The van der Waals surface area contributed by atoms with Gasteiger partial charge in [-0.05, 0) is 31.7 Å². The molecule has 1 amide bonds. The summed E-state index contributed by atoms with van der Waals surface area (Å²) >= 11 is 0. The minimum Gasteiger partial charge on any atom is -0.483 e. The molecule has 0 aliphatic carbocycles. The van der Waals surface area contributed by atoms with Gasteiger partial charge in [-0.25, -0.2) is 0 Å². The highest BCUT2D eigenvalue weighted by Gasteiger charge is 2.09. The Labute approximate surface area is 119 Å². The van der Waals surface area contributed by atoms with Crippen molar-refractivity contribution >= 4 is 5.91 Å². The zero-order valence-electron chi connectivity index (χ0n) is 12.0. The van der Waals surface area contributed by atoms with Crippen LogP contribution in [0.4, 0.5) is 0 Å². The van der Waals surface area contributed by atoms with E-state index >= 15 is 0 Å². The molecule has 0 unspecified atom stereocenters. The lowest BCUT2D eigenvalue weighted by Crippen LogP contribution is -2.41. The average molecular weight is 275 g/mol. The third-order valence-corrected chi connectivity index (χ3v) is 3.23. The van der Waals surface area contributed by atoms with E-state index in [0.29, 0.717) is 0 Å². The summed E-state index contributed by atoms with van der Waals surface area (Å²) in [5, 5.41) is 0. The molecule has 108 valence electrons. The van der Waals surface area contributed by atoms with Crippen LogP contribution < -0.4 is 15.6 Å². The molecule has 0 fully saturated rings. The van der Waals surface area contributed by atoms with Gasteiger partial charge in [-0.1, -0.05) is 18.2 Å². The van der Waals surface area contributed by atoms with Crippen molar-refractivity contribution in [1.29, 1.82) is 0 Å². The third-order valence-electron chi connectivity index (χ3n) is 3.23. The number of carbonyl (C=O) groups excluding carboxylic acids is 1. The summed E-state index contributed by atoms with van der Waals surface area (Å²) in [6.45, 7) is 3.85. The molecule has 0 spiro atoms. The van der Waals surface area contributed by atoms with Crippen molar-refractivity contribution < 1.29 is 9.53 Å². The van der Waals surface area contributed by atoms with Crippen LogP contribution in [0, 0.1) is 6.92 Å². The average Bonchev–Trinajstić information content (AvgIpc) is 2.46. The number of para-hydroxylation sites is 1. The van der Waals surface area contributed by atoms with Gasteiger partial charge in [0, 0.05) is 25.2 Å². The Morgan fingerprint density at radius 3 is 2.90 bits per heavy atom. The maximum absolute atomic E-state index is 11.7. The number of hydrogen-bond acceptors (Lipinski definition) is 4. The van der Waals surface area contributed by atoms with Crippen molar-refractivity contribution in [2.75, 3.05) is 26.7 Å². The second-order valence-corrected chi connectivity index (χ2v) is 4.97. The molecule has 5 nitrogen and oxygen atoms in total. The van der Waals surface area contributed by atoms with Crippen LogP contribution >= 0.6 is 0 Å². The number of likely N-dealkylation sites (N-methyl/N-ethyl adjacent to an activating group) is 1. The number of rotatable bonds is 5. The maximum atomic E-state index is 11.7. The topological polar surface area (TPSA) is 53.6 Å². The normalized spacial score (nSPS) is 15.4. The van der Waals surface area contributed by atoms with Crippen LogP contribution in [0.3, 0.4) is 0 Å². The standard InChI is InChI=1S/C15H21N3O2/c1-12-5-3-4-6-14(12)20-11-15(19)17-16-13-7-9-18(2)10-8-13/h3-7,16H,8-11H2,1-2H3,(H,17,19). The number of ether oxygens (including phenoxy) is 1. The number of carbonyl (C=O) groups is 1. The fraction of sp³-hybridized carbons (Fsp3) is 0.400. The fourth-order valence-corrected chi connectivity index (χ4v) is 1.93. The second kappa shape index (κ2) is 6.96. The summed E-state index contributed by atoms with van der Waals surface area (Å²) in [7, 11) is 2.07. The van der Waals surface area contributed by atoms with Gasteiger partial charge >= 0.3 is 0 Å². The molecule has 5 heteroatoms. The fourth-order valence-electron chi connectivity index (χ4n) is 1.93. The SMILES string of the molecule is Cc1ccccc1OCC(=O)NNC1=CCN(C)CC1. The minimum atomic E-state index is -0.187. The van der Waals surface area contributed by atoms with Crippen LogP contribution in [0.15, 0.2) is 36.0 Å². The molecule has 2 N–H and O–H groups in total. The lowest BCUT2D eigenvalue weighted by Gasteiger charge is -2.22. The molecule has 1 aromatic rings. The highest BCUT2D eigenvalue weighted by molar-refractivity contribution is 5.77. The molecule has 0 saturated carbocycles. The molecular formula is C15H21N3O2. The molecule has 0 bridgehead atoms. The van der Waals surface area contributed by atoms with Crippen LogP contribution in [0.1, 0.15) is 12.0 Å². The van der Waals surface area contributed by atoms with E-state index in [2.05, 4.69) is 28.9 Å². The van der Waals surface area contributed by atoms with E-state index in [1.54, 1.807) is 0 Å². The van der Waals surface area contributed by atoms with E-state index in [-0.39, 0.29) is 12.5 Å². The zero-order valence-corrected chi connectivity index (χ0v) is 12.0. The first-order chi connectivity index (χ1) is 9.65. The molecular weight excluding hydrogens is 254 g/mol. The van der Waals surface area contributed by atoms with Crippen molar-refractivity contribution in [3.63, 3.8) is 0 Å². The van der Waals surface area contributed by atoms with E-state index in [1.807, 2.05) is 31.2 Å². The van der Waals surface area contributed by atoms with E-state index < -0.39 is 0 Å². The van der Waals surface area contributed by atoms with E-state index in [0.717, 1.165) is 36.5 Å². The summed E-state index contributed by atoms with van der Waals surface area (Å²) in [4.78, 5) is 13.9. The predicted octanol–water partition coefficient (Wildman–Crippen LogP) is 1.21. The lowest BCUT2D eigenvalue weighted by atomic mass is 10.2.